The lowest BCUT2D eigenvalue weighted by atomic mass is 10.1. The lowest BCUT2D eigenvalue weighted by Crippen LogP contribution is -2.17. The van der Waals surface area contributed by atoms with E-state index in [4.69, 9.17) is 5.11 Å². The standard InChI is InChI=1S/C13H14FNO3/c1-7-4-5-10(14)11(6-7)15-12(16)8(2)9(3)13(17)18/h4-6H,1-3H3,(H,15,16)(H,17,18). The van der Waals surface area contributed by atoms with Crippen LogP contribution in [0.4, 0.5) is 10.1 Å². The Morgan fingerprint density at radius 1 is 1.22 bits per heavy atom. The molecule has 5 heteroatoms. The first kappa shape index (κ1) is 13.9. The lowest BCUT2D eigenvalue weighted by molar-refractivity contribution is -0.133. The summed E-state index contributed by atoms with van der Waals surface area (Å²) < 4.78 is 13.4. The van der Waals surface area contributed by atoms with Crippen LogP contribution in [0, 0.1) is 12.7 Å². The summed E-state index contributed by atoms with van der Waals surface area (Å²) in [4.78, 5) is 22.4. The van der Waals surface area contributed by atoms with Crippen LogP contribution < -0.4 is 5.32 Å². The normalized spacial score (nSPS) is 11.8. The Morgan fingerprint density at radius 3 is 2.39 bits per heavy atom. The number of halogens is 1. The summed E-state index contributed by atoms with van der Waals surface area (Å²) in [6, 6.07) is 4.31. The second-order valence-corrected chi connectivity index (χ2v) is 3.99. The van der Waals surface area contributed by atoms with Gasteiger partial charge in [-0.3, -0.25) is 4.79 Å². The number of hydrogen-bond donors (Lipinski definition) is 2. The maximum atomic E-state index is 13.4. The average molecular weight is 251 g/mol. The van der Waals surface area contributed by atoms with Crippen molar-refractivity contribution in [2.75, 3.05) is 5.32 Å². The van der Waals surface area contributed by atoms with E-state index in [1.54, 1.807) is 13.0 Å². The van der Waals surface area contributed by atoms with E-state index in [9.17, 15) is 14.0 Å². The molecule has 0 bridgehead atoms. The van der Waals surface area contributed by atoms with Crippen molar-refractivity contribution in [3.8, 4) is 0 Å². The SMILES string of the molecule is CC(C(=O)O)=C(C)C(=O)Nc1cc(C)ccc1F. The van der Waals surface area contributed by atoms with Gasteiger partial charge in [-0.15, -0.1) is 0 Å². The van der Waals surface area contributed by atoms with E-state index in [-0.39, 0.29) is 16.8 Å². The van der Waals surface area contributed by atoms with Crippen molar-refractivity contribution in [3.63, 3.8) is 0 Å². The number of carbonyl (C=O) groups excluding carboxylic acids is 1. The first-order valence-electron chi connectivity index (χ1n) is 5.31. The molecule has 0 radical (unpaired) electrons. The van der Waals surface area contributed by atoms with Gasteiger partial charge in [0.25, 0.3) is 5.91 Å². The number of carboxylic acid groups (broad SMARTS) is 1. The summed E-state index contributed by atoms with van der Waals surface area (Å²) in [5.41, 5.74) is 0.810. The smallest absolute Gasteiger partial charge is 0.331 e. The van der Waals surface area contributed by atoms with Gasteiger partial charge in [0.15, 0.2) is 0 Å². The minimum absolute atomic E-state index is 0.0394. The molecule has 0 spiro atoms. The van der Waals surface area contributed by atoms with Gasteiger partial charge in [-0.2, -0.15) is 0 Å². The number of carboxylic acids is 1. The third-order valence-corrected chi connectivity index (χ3v) is 2.59. The van der Waals surface area contributed by atoms with Gasteiger partial charge >= 0.3 is 5.97 Å². The average Bonchev–Trinajstić information content (AvgIpc) is 2.31. The van der Waals surface area contributed by atoms with E-state index in [0.29, 0.717) is 0 Å². The molecule has 1 aromatic rings. The van der Waals surface area contributed by atoms with E-state index < -0.39 is 17.7 Å². The molecular weight excluding hydrogens is 237 g/mol. The summed E-state index contributed by atoms with van der Waals surface area (Å²) in [7, 11) is 0. The number of rotatable bonds is 3. The minimum Gasteiger partial charge on any atom is -0.478 e. The molecule has 96 valence electrons. The van der Waals surface area contributed by atoms with Crippen molar-refractivity contribution in [1.29, 1.82) is 0 Å². The summed E-state index contributed by atoms with van der Waals surface area (Å²) in [6.45, 7) is 4.47. The van der Waals surface area contributed by atoms with Crippen LogP contribution in [0.25, 0.3) is 0 Å². The van der Waals surface area contributed by atoms with E-state index >= 15 is 0 Å². The third kappa shape index (κ3) is 3.16. The topological polar surface area (TPSA) is 66.4 Å². The Bertz CT molecular complexity index is 535. The Hall–Kier alpha value is -2.17. The van der Waals surface area contributed by atoms with Crippen LogP contribution in [0.1, 0.15) is 19.4 Å². The lowest BCUT2D eigenvalue weighted by Gasteiger charge is -2.08. The Kier molecular flexibility index (Phi) is 4.20. The van der Waals surface area contributed by atoms with Crippen molar-refractivity contribution >= 4 is 17.6 Å². The van der Waals surface area contributed by atoms with Gasteiger partial charge in [0.2, 0.25) is 0 Å². The van der Waals surface area contributed by atoms with Crippen LogP contribution in [-0.4, -0.2) is 17.0 Å². The molecule has 1 rings (SSSR count). The zero-order chi connectivity index (χ0) is 13.9. The minimum atomic E-state index is -1.17. The van der Waals surface area contributed by atoms with Crippen molar-refractivity contribution in [2.45, 2.75) is 20.8 Å². The van der Waals surface area contributed by atoms with Gasteiger partial charge in [-0.05, 0) is 38.5 Å². The molecule has 4 nitrogen and oxygen atoms in total. The summed E-state index contributed by atoms with van der Waals surface area (Å²) in [5, 5.41) is 11.1. The number of carbonyl (C=O) groups is 2. The van der Waals surface area contributed by atoms with E-state index in [2.05, 4.69) is 5.32 Å². The first-order chi connectivity index (χ1) is 8.32. The fourth-order valence-corrected chi connectivity index (χ4v) is 1.28. The van der Waals surface area contributed by atoms with Crippen LogP contribution in [0.5, 0.6) is 0 Å². The van der Waals surface area contributed by atoms with Crippen LogP contribution >= 0.6 is 0 Å². The number of aliphatic carboxylic acids is 1. The summed E-state index contributed by atoms with van der Waals surface area (Å²) in [6.07, 6.45) is 0. The number of nitrogens with one attached hydrogen (secondary N) is 1. The van der Waals surface area contributed by atoms with Gasteiger partial charge < -0.3 is 10.4 Å². The highest BCUT2D eigenvalue weighted by Gasteiger charge is 2.14. The molecule has 1 aromatic carbocycles. The molecule has 2 N–H and O–H groups in total. The van der Waals surface area contributed by atoms with Crippen molar-refractivity contribution in [3.05, 3.63) is 40.7 Å². The van der Waals surface area contributed by atoms with Crippen LogP contribution in [0.15, 0.2) is 29.3 Å². The van der Waals surface area contributed by atoms with Gasteiger partial charge in [0, 0.05) is 11.1 Å². The van der Waals surface area contributed by atoms with Crippen LogP contribution in [-0.2, 0) is 9.59 Å². The maximum absolute atomic E-state index is 13.4. The molecule has 1 amide bonds. The molecule has 0 aliphatic carbocycles. The predicted molar refractivity (Wildman–Crippen MR) is 65.8 cm³/mol. The van der Waals surface area contributed by atoms with Gasteiger partial charge in [0.1, 0.15) is 5.82 Å². The molecule has 0 saturated carbocycles. The highest BCUT2D eigenvalue weighted by molar-refractivity contribution is 6.08. The zero-order valence-electron chi connectivity index (χ0n) is 10.4. The molecule has 0 aliphatic heterocycles. The third-order valence-electron chi connectivity index (χ3n) is 2.59. The Morgan fingerprint density at radius 2 is 1.83 bits per heavy atom. The van der Waals surface area contributed by atoms with Crippen molar-refractivity contribution in [2.24, 2.45) is 0 Å². The number of benzene rings is 1. The number of anilines is 1. The Balaban J connectivity index is 2.98. The molecule has 0 unspecified atom stereocenters. The number of amides is 1. The molecule has 0 atom stereocenters. The summed E-state index contributed by atoms with van der Waals surface area (Å²) >= 11 is 0. The van der Waals surface area contributed by atoms with Gasteiger partial charge in [-0.25, -0.2) is 9.18 Å². The molecule has 0 aliphatic rings. The number of hydrogen-bond acceptors (Lipinski definition) is 2. The fraction of sp³-hybridized carbons (Fsp3) is 0.231. The number of aryl methyl sites for hydroxylation is 1. The molecule has 18 heavy (non-hydrogen) atoms. The van der Waals surface area contributed by atoms with Crippen LogP contribution in [0.2, 0.25) is 0 Å². The van der Waals surface area contributed by atoms with Crippen molar-refractivity contribution in [1.82, 2.24) is 0 Å². The highest BCUT2D eigenvalue weighted by Crippen LogP contribution is 2.17. The summed E-state index contributed by atoms with van der Waals surface area (Å²) in [5.74, 6) is -2.36. The monoisotopic (exact) mass is 251 g/mol. The molecule has 0 aromatic heterocycles. The Labute approximate surface area is 104 Å². The quantitative estimate of drug-likeness (QED) is 0.811. The highest BCUT2D eigenvalue weighted by atomic mass is 19.1. The largest absolute Gasteiger partial charge is 0.478 e. The first-order valence-corrected chi connectivity index (χ1v) is 5.31. The van der Waals surface area contributed by atoms with E-state index in [1.807, 2.05) is 0 Å². The van der Waals surface area contributed by atoms with E-state index in [0.717, 1.165) is 5.56 Å². The fourth-order valence-electron chi connectivity index (χ4n) is 1.28. The maximum Gasteiger partial charge on any atom is 0.331 e. The molecule has 0 saturated heterocycles. The molecule has 0 heterocycles. The van der Waals surface area contributed by atoms with E-state index in [1.165, 1.54) is 26.0 Å². The van der Waals surface area contributed by atoms with Crippen molar-refractivity contribution < 1.29 is 19.1 Å². The van der Waals surface area contributed by atoms with Crippen LogP contribution in [0.3, 0.4) is 0 Å². The molecular formula is C13H14FNO3. The zero-order valence-corrected chi connectivity index (χ0v) is 10.4. The van der Waals surface area contributed by atoms with Gasteiger partial charge in [0.05, 0.1) is 5.69 Å². The molecule has 0 fully saturated rings. The second kappa shape index (κ2) is 5.44. The van der Waals surface area contributed by atoms with Gasteiger partial charge in [-0.1, -0.05) is 6.07 Å². The predicted octanol–water partition coefficient (Wildman–Crippen LogP) is 2.49. The second-order valence-electron chi connectivity index (χ2n) is 3.99.